The van der Waals surface area contributed by atoms with Crippen LogP contribution in [-0.4, -0.2) is 50.6 Å². The Labute approximate surface area is 102 Å². The summed E-state index contributed by atoms with van der Waals surface area (Å²) in [6.45, 7) is -1.46. The van der Waals surface area contributed by atoms with E-state index >= 15 is 0 Å². The predicted molar refractivity (Wildman–Crippen MR) is 59.7 cm³/mol. The van der Waals surface area contributed by atoms with Crippen molar-refractivity contribution in [2.24, 2.45) is 0 Å². The Morgan fingerprint density at radius 1 is 1.19 bits per heavy atom. The molecule has 0 aliphatic carbocycles. The average Bonchev–Trinajstić information content (AvgIpc) is 2.31. The third kappa shape index (κ3) is 2.93. The molecule has 1 heterocycles. The van der Waals surface area contributed by atoms with Crippen molar-refractivity contribution in [1.82, 2.24) is 9.97 Å². The first-order chi connectivity index (χ1) is 7.56. The van der Waals surface area contributed by atoms with Crippen LogP contribution in [0.2, 0.25) is 10.3 Å². The average molecular weight is 268 g/mol. The molecule has 8 heteroatoms. The number of rotatable bonds is 5. The molecule has 0 saturated carbocycles. The minimum absolute atomic E-state index is 0.0328. The van der Waals surface area contributed by atoms with E-state index in [0.717, 1.165) is 0 Å². The molecule has 16 heavy (non-hydrogen) atoms. The van der Waals surface area contributed by atoms with E-state index in [-0.39, 0.29) is 16.1 Å². The van der Waals surface area contributed by atoms with Gasteiger partial charge in [0.1, 0.15) is 10.6 Å². The van der Waals surface area contributed by atoms with Gasteiger partial charge in [-0.2, -0.15) is 4.98 Å². The lowest BCUT2D eigenvalue weighted by atomic mass is 10.0. The Morgan fingerprint density at radius 2 is 1.75 bits per heavy atom. The Hall–Kier alpha value is -0.660. The number of hydrogen-bond acceptors (Lipinski definition) is 6. The van der Waals surface area contributed by atoms with Gasteiger partial charge in [0.05, 0.1) is 26.0 Å². The zero-order valence-electron chi connectivity index (χ0n) is 8.19. The largest absolute Gasteiger partial charge is 0.394 e. The topological polar surface area (TPSA) is 98.5 Å². The second-order valence-corrected chi connectivity index (χ2v) is 3.96. The van der Waals surface area contributed by atoms with Gasteiger partial charge in [0.2, 0.25) is 5.28 Å². The van der Waals surface area contributed by atoms with Gasteiger partial charge in [-0.05, 0) is 11.6 Å². The van der Waals surface area contributed by atoms with Gasteiger partial charge in [-0.25, -0.2) is 4.98 Å². The molecule has 6 nitrogen and oxygen atoms in total. The molecule has 0 spiro atoms. The summed E-state index contributed by atoms with van der Waals surface area (Å²) in [6.07, 6.45) is 1.27. The zero-order chi connectivity index (χ0) is 12.2. The Morgan fingerprint density at radius 3 is 2.25 bits per heavy atom. The lowest BCUT2D eigenvalue weighted by Crippen LogP contribution is -2.49. The minimum Gasteiger partial charge on any atom is -0.394 e. The molecule has 0 amide bonds. The third-order valence-corrected chi connectivity index (χ3v) is 2.46. The van der Waals surface area contributed by atoms with Gasteiger partial charge in [-0.1, -0.05) is 11.6 Å². The molecular weight excluding hydrogens is 257 g/mol. The number of anilines is 1. The summed E-state index contributed by atoms with van der Waals surface area (Å²) < 4.78 is 0. The maximum atomic E-state index is 9.10. The molecule has 0 fully saturated rings. The van der Waals surface area contributed by atoms with E-state index in [1.807, 2.05) is 0 Å². The molecule has 4 N–H and O–H groups in total. The zero-order valence-corrected chi connectivity index (χ0v) is 9.70. The van der Waals surface area contributed by atoms with Crippen LogP contribution in [0.5, 0.6) is 0 Å². The quantitative estimate of drug-likeness (QED) is 0.557. The van der Waals surface area contributed by atoms with Gasteiger partial charge < -0.3 is 20.6 Å². The Bertz CT molecular complexity index is 352. The molecule has 90 valence electrons. The number of aliphatic hydroxyl groups is 3. The molecule has 0 aromatic carbocycles. The highest BCUT2D eigenvalue weighted by molar-refractivity contribution is 6.33. The Kier molecular flexibility index (Phi) is 4.69. The smallest absolute Gasteiger partial charge is 0.224 e. The highest BCUT2D eigenvalue weighted by Gasteiger charge is 2.29. The van der Waals surface area contributed by atoms with Crippen LogP contribution in [0.3, 0.4) is 0 Å². The van der Waals surface area contributed by atoms with Crippen molar-refractivity contribution in [3.8, 4) is 0 Å². The normalized spacial score (nSPS) is 11.6. The minimum atomic E-state index is -1.30. The summed E-state index contributed by atoms with van der Waals surface area (Å²) in [5.41, 5.74) is -1.30. The molecule has 1 rings (SSSR count). The van der Waals surface area contributed by atoms with Crippen LogP contribution in [-0.2, 0) is 0 Å². The summed E-state index contributed by atoms with van der Waals surface area (Å²) in [7, 11) is 0. The first-order valence-electron chi connectivity index (χ1n) is 4.36. The first-order valence-corrected chi connectivity index (χ1v) is 5.11. The van der Waals surface area contributed by atoms with Crippen LogP contribution in [0.1, 0.15) is 0 Å². The number of nitrogens with zero attached hydrogens (tertiary/aromatic N) is 2. The highest BCUT2D eigenvalue weighted by Crippen LogP contribution is 2.22. The molecule has 0 bridgehead atoms. The second-order valence-electron chi connectivity index (χ2n) is 3.22. The van der Waals surface area contributed by atoms with Gasteiger partial charge in [0, 0.05) is 0 Å². The number of nitrogens with one attached hydrogen (secondary N) is 1. The molecule has 0 atom stereocenters. The maximum absolute atomic E-state index is 9.10. The van der Waals surface area contributed by atoms with Gasteiger partial charge in [-0.15, -0.1) is 0 Å². The fourth-order valence-corrected chi connectivity index (χ4v) is 1.22. The van der Waals surface area contributed by atoms with E-state index in [4.69, 9.17) is 38.5 Å². The summed E-state index contributed by atoms with van der Waals surface area (Å²) in [5.74, 6) is 0.138. The Balaban J connectivity index is 2.97. The molecule has 0 unspecified atom stereocenters. The summed E-state index contributed by atoms with van der Waals surface area (Å²) >= 11 is 11.3. The number of halogens is 2. The van der Waals surface area contributed by atoms with E-state index in [2.05, 4.69) is 15.3 Å². The highest BCUT2D eigenvalue weighted by atomic mass is 35.5. The van der Waals surface area contributed by atoms with Crippen LogP contribution >= 0.6 is 23.2 Å². The van der Waals surface area contributed by atoms with Gasteiger partial charge in [0.15, 0.2) is 5.82 Å². The number of aromatic nitrogens is 2. The molecule has 1 aromatic rings. The van der Waals surface area contributed by atoms with E-state index < -0.39 is 25.4 Å². The number of hydrogen-bond donors (Lipinski definition) is 4. The number of aliphatic hydroxyl groups excluding tert-OH is 3. The molecule has 1 aromatic heterocycles. The van der Waals surface area contributed by atoms with E-state index in [1.54, 1.807) is 0 Å². The van der Waals surface area contributed by atoms with Gasteiger partial charge >= 0.3 is 0 Å². The van der Waals surface area contributed by atoms with Crippen molar-refractivity contribution in [2.45, 2.75) is 5.54 Å². The van der Waals surface area contributed by atoms with E-state index in [1.165, 1.54) is 6.20 Å². The monoisotopic (exact) mass is 267 g/mol. The molecule has 0 saturated heterocycles. The lowest BCUT2D eigenvalue weighted by Gasteiger charge is -2.29. The molecular formula is C8H11Cl2N3O3. The summed E-state index contributed by atoms with van der Waals surface area (Å²) in [6, 6.07) is 0. The van der Waals surface area contributed by atoms with E-state index in [9.17, 15) is 0 Å². The van der Waals surface area contributed by atoms with E-state index in [0.29, 0.717) is 0 Å². The van der Waals surface area contributed by atoms with Crippen LogP contribution in [0.4, 0.5) is 5.82 Å². The maximum Gasteiger partial charge on any atom is 0.224 e. The van der Waals surface area contributed by atoms with Crippen molar-refractivity contribution in [3.63, 3.8) is 0 Å². The second kappa shape index (κ2) is 5.60. The predicted octanol–water partition coefficient (Wildman–Crippen LogP) is -0.0890. The lowest BCUT2D eigenvalue weighted by molar-refractivity contribution is 0.0831. The van der Waals surface area contributed by atoms with Crippen LogP contribution < -0.4 is 5.32 Å². The van der Waals surface area contributed by atoms with Gasteiger partial charge in [-0.3, -0.25) is 0 Å². The van der Waals surface area contributed by atoms with Crippen molar-refractivity contribution >= 4 is 29.0 Å². The first kappa shape index (κ1) is 13.4. The third-order valence-electron chi connectivity index (χ3n) is 2.01. The van der Waals surface area contributed by atoms with Crippen LogP contribution in [0.25, 0.3) is 0 Å². The fourth-order valence-electron chi connectivity index (χ4n) is 0.953. The summed E-state index contributed by atoms with van der Waals surface area (Å²) in [4.78, 5) is 7.42. The van der Waals surface area contributed by atoms with Crippen LogP contribution in [0, 0.1) is 0 Å². The fraction of sp³-hybridized carbons (Fsp3) is 0.500. The van der Waals surface area contributed by atoms with Crippen molar-refractivity contribution < 1.29 is 15.3 Å². The molecule has 0 aliphatic heterocycles. The molecule has 0 radical (unpaired) electrons. The van der Waals surface area contributed by atoms with Gasteiger partial charge in [0.25, 0.3) is 0 Å². The van der Waals surface area contributed by atoms with Crippen molar-refractivity contribution in [2.75, 3.05) is 25.1 Å². The van der Waals surface area contributed by atoms with Crippen LogP contribution in [0.15, 0.2) is 6.20 Å². The SMILES string of the molecule is OCC(CO)(CO)Nc1nc(Cl)ncc1Cl. The standard InChI is InChI=1S/C8H11Cl2N3O3/c9-5-1-11-7(10)12-6(5)13-8(2-14,3-15)4-16/h1,14-16H,2-4H2,(H,11,12,13). The van der Waals surface area contributed by atoms with Crippen molar-refractivity contribution in [1.29, 1.82) is 0 Å². The molecule has 0 aliphatic rings. The van der Waals surface area contributed by atoms with Crippen molar-refractivity contribution in [3.05, 3.63) is 16.5 Å². The summed E-state index contributed by atoms with van der Waals surface area (Å²) in [5, 5.41) is 30.1.